The zero-order valence-electron chi connectivity index (χ0n) is 10.7. The van der Waals surface area contributed by atoms with E-state index < -0.39 is 10.5 Å². The van der Waals surface area contributed by atoms with Crippen molar-refractivity contribution in [2.75, 3.05) is 0 Å². The Morgan fingerprint density at radius 2 is 2.11 bits per heavy atom. The van der Waals surface area contributed by atoms with Crippen LogP contribution in [0.1, 0.15) is 31.3 Å². The summed E-state index contributed by atoms with van der Waals surface area (Å²) in [5, 5.41) is 13.5. The van der Waals surface area contributed by atoms with Crippen molar-refractivity contribution in [1.29, 1.82) is 0 Å². The molecule has 0 aromatic carbocycles. The number of rotatable bonds is 4. The van der Waals surface area contributed by atoms with Gasteiger partial charge in [-0.25, -0.2) is 4.57 Å². The number of aromatic nitrogens is 1. The molecular weight excluding hydrogens is 302 g/mol. The van der Waals surface area contributed by atoms with E-state index in [2.05, 4.69) is 21.2 Å². The van der Waals surface area contributed by atoms with E-state index in [4.69, 9.17) is 0 Å². The predicted molar refractivity (Wildman–Crippen MR) is 72.0 cm³/mol. The summed E-state index contributed by atoms with van der Waals surface area (Å²) in [6, 6.07) is 2.77. The standard InChI is InChI=1S/C11H16BrN3O3/c1-7(12)11(2,3)13-10(16)8-5-6-9(14(8)4)15(17)18/h5-7H,1-4H3,(H,13,16). The lowest BCUT2D eigenvalue weighted by Crippen LogP contribution is -2.49. The molecule has 1 N–H and O–H groups in total. The molecule has 1 rings (SSSR count). The van der Waals surface area contributed by atoms with Crippen LogP contribution in [-0.2, 0) is 7.05 Å². The lowest BCUT2D eigenvalue weighted by Gasteiger charge is -2.28. The highest BCUT2D eigenvalue weighted by Gasteiger charge is 2.29. The van der Waals surface area contributed by atoms with Crippen molar-refractivity contribution in [1.82, 2.24) is 9.88 Å². The largest absolute Gasteiger partial charge is 0.358 e. The Morgan fingerprint density at radius 1 is 1.56 bits per heavy atom. The minimum absolute atomic E-state index is 0.0733. The second kappa shape index (κ2) is 5.09. The summed E-state index contributed by atoms with van der Waals surface area (Å²) in [7, 11) is 1.50. The van der Waals surface area contributed by atoms with Gasteiger partial charge in [0.25, 0.3) is 5.91 Å². The van der Waals surface area contributed by atoms with Crippen LogP contribution in [0.25, 0.3) is 0 Å². The molecule has 0 aliphatic carbocycles. The van der Waals surface area contributed by atoms with Crippen molar-refractivity contribution < 1.29 is 9.72 Å². The van der Waals surface area contributed by atoms with Crippen molar-refractivity contribution in [3.05, 3.63) is 27.9 Å². The van der Waals surface area contributed by atoms with Gasteiger partial charge in [0.15, 0.2) is 5.69 Å². The van der Waals surface area contributed by atoms with E-state index in [1.807, 2.05) is 20.8 Å². The van der Waals surface area contributed by atoms with Gasteiger partial charge < -0.3 is 15.4 Å². The molecule has 1 amide bonds. The molecule has 0 saturated heterocycles. The summed E-state index contributed by atoms with van der Waals surface area (Å²) >= 11 is 3.41. The molecule has 1 unspecified atom stereocenters. The van der Waals surface area contributed by atoms with Crippen LogP contribution in [0.15, 0.2) is 12.1 Å². The van der Waals surface area contributed by atoms with Crippen molar-refractivity contribution in [3.63, 3.8) is 0 Å². The monoisotopic (exact) mass is 317 g/mol. The molecule has 0 radical (unpaired) electrons. The molecule has 0 spiro atoms. The molecular formula is C11H16BrN3O3. The molecule has 1 aromatic heterocycles. The van der Waals surface area contributed by atoms with Gasteiger partial charge in [0, 0.05) is 16.4 Å². The van der Waals surface area contributed by atoms with Gasteiger partial charge in [-0.3, -0.25) is 4.79 Å². The Balaban J connectivity index is 2.96. The second-order valence-electron chi connectivity index (χ2n) is 4.68. The topological polar surface area (TPSA) is 77.2 Å². The smallest absolute Gasteiger partial charge is 0.323 e. The maximum atomic E-state index is 12.0. The van der Waals surface area contributed by atoms with Crippen molar-refractivity contribution in [3.8, 4) is 0 Å². The minimum atomic E-state index is -0.519. The highest BCUT2D eigenvalue weighted by Crippen LogP contribution is 2.19. The fraction of sp³-hybridized carbons (Fsp3) is 0.545. The SMILES string of the molecule is CC(Br)C(C)(C)NC(=O)c1ccc([N+](=O)[O-])n1C. The van der Waals surface area contributed by atoms with Crippen LogP contribution in [-0.4, -0.2) is 25.8 Å². The number of nitrogens with zero attached hydrogens (tertiary/aromatic N) is 2. The molecule has 18 heavy (non-hydrogen) atoms. The number of hydrogen-bond acceptors (Lipinski definition) is 3. The average molecular weight is 318 g/mol. The number of alkyl halides is 1. The summed E-state index contributed by atoms with van der Waals surface area (Å²) in [5.41, 5.74) is -0.182. The highest BCUT2D eigenvalue weighted by atomic mass is 79.9. The summed E-state index contributed by atoms with van der Waals surface area (Å²) in [5.74, 6) is -0.438. The molecule has 100 valence electrons. The Hall–Kier alpha value is -1.37. The fourth-order valence-electron chi connectivity index (χ4n) is 1.37. The molecule has 0 aliphatic heterocycles. The first kappa shape index (κ1) is 14.7. The Labute approximate surface area is 114 Å². The highest BCUT2D eigenvalue weighted by molar-refractivity contribution is 9.09. The van der Waals surface area contributed by atoms with Gasteiger partial charge in [-0.2, -0.15) is 0 Å². The van der Waals surface area contributed by atoms with Gasteiger partial charge in [0.05, 0.1) is 7.05 Å². The fourth-order valence-corrected chi connectivity index (χ4v) is 1.48. The number of carbonyl (C=O) groups excluding carboxylic acids is 1. The number of halogens is 1. The van der Waals surface area contributed by atoms with Crippen LogP contribution < -0.4 is 5.32 Å². The zero-order chi connectivity index (χ0) is 14.1. The van der Waals surface area contributed by atoms with E-state index >= 15 is 0 Å². The lowest BCUT2D eigenvalue weighted by molar-refractivity contribution is -0.391. The average Bonchev–Trinajstić information content (AvgIpc) is 2.59. The first-order valence-corrected chi connectivity index (χ1v) is 6.35. The van der Waals surface area contributed by atoms with Gasteiger partial charge >= 0.3 is 5.82 Å². The van der Waals surface area contributed by atoms with Crippen molar-refractivity contribution in [2.45, 2.75) is 31.1 Å². The molecule has 0 fully saturated rings. The van der Waals surface area contributed by atoms with Gasteiger partial charge in [-0.05, 0) is 24.8 Å². The first-order valence-electron chi connectivity index (χ1n) is 5.43. The molecule has 1 aromatic rings. The van der Waals surface area contributed by atoms with Gasteiger partial charge in [0.2, 0.25) is 0 Å². The Kier molecular flexibility index (Phi) is 4.16. The maximum Gasteiger partial charge on any atom is 0.323 e. The van der Waals surface area contributed by atoms with Gasteiger partial charge in [0.1, 0.15) is 0 Å². The number of nitrogens with one attached hydrogen (secondary N) is 1. The van der Waals surface area contributed by atoms with Crippen molar-refractivity contribution >= 4 is 27.7 Å². The first-order chi connectivity index (χ1) is 8.16. The van der Waals surface area contributed by atoms with Crippen LogP contribution in [0.2, 0.25) is 0 Å². The Morgan fingerprint density at radius 3 is 2.50 bits per heavy atom. The van der Waals surface area contributed by atoms with Crippen LogP contribution in [0.3, 0.4) is 0 Å². The second-order valence-corrected chi connectivity index (χ2v) is 6.06. The quantitative estimate of drug-likeness (QED) is 0.525. The van der Waals surface area contributed by atoms with Crippen molar-refractivity contribution in [2.24, 2.45) is 7.05 Å². The predicted octanol–water partition coefficient (Wildman–Crippen LogP) is 2.23. The summed E-state index contributed by atoms with van der Waals surface area (Å²) in [6.07, 6.45) is 0. The third-order valence-electron chi connectivity index (χ3n) is 2.95. The third kappa shape index (κ3) is 2.90. The van der Waals surface area contributed by atoms with E-state index in [1.54, 1.807) is 0 Å². The normalized spacial score (nSPS) is 13.2. The summed E-state index contributed by atoms with van der Waals surface area (Å²) < 4.78 is 1.27. The third-order valence-corrected chi connectivity index (χ3v) is 4.09. The number of carbonyl (C=O) groups is 1. The molecule has 0 bridgehead atoms. The van der Waals surface area contributed by atoms with Crippen LogP contribution in [0.5, 0.6) is 0 Å². The lowest BCUT2D eigenvalue weighted by atomic mass is 10.0. The van der Waals surface area contributed by atoms with E-state index in [0.717, 1.165) is 0 Å². The van der Waals surface area contributed by atoms with Gasteiger partial charge in [-0.1, -0.05) is 22.9 Å². The summed E-state index contributed by atoms with van der Waals surface area (Å²) in [4.78, 5) is 22.3. The maximum absolute atomic E-state index is 12.0. The number of hydrogen-bond donors (Lipinski definition) is 1. The zero-order valence-corrected chi connectivity index (χ0v) is 12.3. The Bertz CT molecular complexity index is 480. The molecule has 6 nitrogen and oxygen atoms in total. The molecule has 0 saturated carbocycles. The van der Waals surface area contributed by atoms with Gasteiger partial charge in [-0.15, -0.1) is 0 Å². The molecule has 0 aliphatic rings. The van der Waals surface area contributed by atoms with E-state index in [9.17, 15) is 14.9 Å². The minimum Gasteiger partial charge on any atom is -0.358 e. The van der Waals surface area contributed by atoms with E-state index in [1.165, 1.54) is 23.7 Å². The molecule has 1 heterocycles. The number of nitro groups is 1. The number of amides is 1. The summed E-state index contributed by atoms with van der Waals surface area (Å²) in [6.45, 7) is 5.68. The van der Waals surface area contributed by atoms with E-state index in [-0.39, 0.29) is 22.2 Å². The van der Waals surface area contributed by atoms with Crippen LogP contribution in [0, 0.1) is 10.1 Å². The van der Waals surface area contributed by atoms with Crippen LogP contribution >= 0.6 is 15.9 Å². The van der Waals surface area contributed by atoms with E-state index in [0.29, 0.717) is 0 Å². The molecule has 7 heteroatoms. The van der Waals surface area contributed by atoms with Crippen LogP contribution in [0.4, 0.5) is 5.82 Å². The molecule has 1 atom stereocenters.